The van der Waals surface area contributed by atoms with E-state index in [0.717, 1.165) is 24.8 Å². The smallest absolute Gasteiger partial charge is 0.0246 e. The van der Waals surface area contributed by atoms with Gasteiger partial charge in [-0.15, -0.1) is 0 Å². The van der Waals surface area contributed by atoms with Gasteiger partial charge in [0, 0.05) is 18.5 Å². The fraction of sp³-hybridized carbons (Fsp3) is 0.471. The van der Waals surface area contributed by atoms with Crippen molar-refractivity contribution in [3.05, 3.63) is 106 Å². The Hall–Kier alpha value is -2.38. The summed E-state index contributed by atoms with van der Waals surface area (Å²) in [5.41, 5.74) is 9.02. The number of fused-ring (bicyclic) bond motifs is 1. The van der Waals surface area contributed by atoms with Crippen LogP contribution in [0, 0.1) is 0 Å². The normalized spacial score (nSPS) is 21.7. The lowest BCUT2D eigenvalue weighted by Crippen LogP contribution is -2.40. The van der Waals surface area contributed by atoms with Gasteiger partial charge in [0.05, 0.1) is 0 Å². The maximum atomic E-state index is 3.93. The molecule has 0 spiro atoms. The Morgan fingerprint density at radius 2 is 1.03 bits per heavy atom. The van der Waals surface area contributed by atoms with Crippen LogP contribution in [0.4, 0.5) is 0 Å². The van der Waals surface area contributed by atoms with E-state index in [-0.39, 0.29) is 0 Å². The van der Waals surface area contributed by atoms with E-state index in [1.165, 1.54) is 86.5 Å². The first-order valence-corrected chi connectivity index (χ1v) is 14.3. The van der Waals surface area contributed by atoms with E-state index in [9.17, 15) is 0 Å². The Kier molecular flexibility index (Phi) is 7.05. The molecule has 1 aliphatic heterocycles. The van der Waals surface area contributed by atoms with Crippen molar-refractivity contribution in [3.8, 4) is 0 Å². The Morgan fingerprint density at radius 3 is 1.54 bits per heavy atom. The fourth-order valence-corrected chi connectivity index (χ4v) is 7.19. The highest BCUT2D eigenvalue weighted by molar-refractivity contribution is 5.41. The van der Waals surface area contributed by atoms with Crippen molar-refractivity contribution in [1.82, 2.24) is 5.32 Å². The highest BCUT2D eigenvalue weighted by atomic mass is 14.9. The van der Waals surface area contributed by atoms with Crippen LogP contribution in [0.3, 0.4) is 0 Å². The summed E-state index contributed by atoms with van der Waals surface area (Å²) in [6.07, 6.45) is 15.0. The maximum Gasteiger partial charge on any atom is 0.0246 e. The summed E-state index contributed by atoms with van der Waals surface area (Å²) in [6.45, 7) is 0.970. The SMILES string of the molecule is c1ccc2c(c1)CN[C@@H](C(c1ccc(C3CCCCC3)cc1)c1ccc(C3CCCCC3)cc1)C2. The summed E-state index contributed by atoms with van der Waals surface area (Å²) in [4.78, 5) is 0. The zero-order valence-electron chi connectivity index (χ0n) is 21.2. The minimum absolute atomic E-state index is 0.379. The number of hydrogen-bond acceptors (Lipinski definition) is 1. The summed E-state index contributed by atoms with van der Waals surface area (Å²) in [5.74, 6) is 1.92. The number of rotatable bonds is 5. The first-order chi connectivity index (χ1) is 17.3. The largest absolute Gasteiger partial charge is 0.309 e. The van der Waals surface area contributed by atoms with Crippen molar-refractivity contribution in [2.24, 2.45) is 0 Å². The quantitative estimate of drug-likeness (QED) is 0.399. The second-order valence-electron chi connectivity index (χ2n) is 11.4. The van der Waals surface area contributed by atoms with Crippen molar-refractivity contribution < 1.29 is 0 Å². The Bertz CT molecular complexity index is 1020. The van der Waals surface area contributed by atoms with Crippen LogP contribution >= 0.6 is 0 Å². The molecule has 1 nitrogen and oxygen atoms in total. The standard InChI is InChI=1S/C34H41N/c1-3-9-25(10-4-1)27-15-19-29(20-16-27)34(33-23-31-13-7-8-14-32(31)24-35-33)30-21-17-28(18-22-30)26-11-5-2-6-12-26/h7-8,13-22,25-26,33-35H,1-6,9-12,23-24H2/t33-/m1/s1. The van der Waals surface area contributed by atoms with Gasteiger partial charge >= 0.3 is 0 Å². The molecular weight excluding hydrogens is 422 g/mol. The molecule has 6 rings (SSSR count). The van der Waals surface area contributed by atoms with Crippen LogP contribution in [-0.4, -0.2) is 6.04 Å². The first-order valence-electron chi connectivity index (χ1n) is 14.3. The van der Waals surface area contributed by atoms with Gasteiger partial charge in [0.15, 0.2) is 0 Å². The Balaban J connectivity index is 1.30. The van der Waals surface area contributed by atoms with Crippen LogP contribution in [0.5, 0.6) is 0 Å². The highest BCUT2D eigenvalue weighted by Crippen LogP contribution is 2.38. The van der Waals surface area contributed by atoms with Gasteiger partial charge < -0.3 is 5.32 Å². The van der Waals surface area contributed by atoms with Crippen LogP contribution < -0.4 is 5.32 Å². The molecule has 2 aliphatic carbocycles. The molecule has 0 amide bonds. The third-order valence-electron chi connectivity index (χ3n) is 9.26. The topological polar surface area (TPSA) is 12.0 Å². The van der Waals surface area contributed by atoms with Gasteiger partial charge in [0.1, 0.15) is 0 Å². The summed E-state index contributed by atoms with van der Waals surface area (Å²) in [6, 6.07) is 29.0. The zero-order valence-corrected chi connectivity index (χ0v) is 21.2. The minimum Gasteiger partial charge on any atom is -0.309 e. The second kappa shape index (κ2) is 10.7. The third kappa shape index (κ3) is 5.12. The van der Waals surface area contributed by atoms with Crippen LogP contribution in [0.1, 0.15) is 115 Å². The van der Waals surface area contributed by atoms with Crippen LogP contribution in [0.15, 0.2) is 72.8 Å². The highest BCUT2D eigenvalue weighted by Gasteiger charge is 2.29. The molecule has 1 N–H and O–H groups in total. The van der Waals surface area contributed by atoms with Crippen molar-refractivity contribution >= 4 is 0 Å². The van der Waals surface area contributed by atoms with Crippen LogP contribution in [0.2, 0.25) is 0 Å². The third-order valence-corrected chi connectivity index (χ3v) is 9.26. The van der Waals surface area contributed by atoms with Crippen molar-refractivity contribution in [2.45, 2.75) is 101 Å². The van der Waals surface area contributed by atoms with Crippen molar-refractivity contribution in [1.29, 1.82) is 0 Å². The van der Waals surface area contributed by atoms with Gasteiger partial charge in [0.25, 0.3) is 0 Å². The van der Waals surface area contributed by atoms with E-state index >= 15 is 0 Å². The number of benzene rings is 3. The lowest BCUT2D eigenvalue weighted by molar-refractivity contribution is 0.435. The maximum absolute atomic E-state index is 3.93. The molecule has 35 heavy (non-hydrogen) atoms. The molecule has 0 aromatic heterocycles. The van der Waals surface area contributed by atoms with Crippen LogP contribution in [-0.2, 0) is 13.0 Å². The zero-order chi connectivity index (χ0) is 23.5. The van der Waals surface area contributed by atoms with E-state index in [2.05, 4.69) is 78.1 Å². The molecule has 3 aromatic carbocycles. The van der Waals surface area contributed by atoms with E-state index in [4.69, 9.17) is 0 Å². The first kappa shape index (κ1) is 23.0. The van der Waals surface area contributed by atoms with Gasteiger partial charge in [-0.05, 0) is 77.3 Å². The molecule has 0 saturated heterocycles. The summed E-state index contributed by atoms with van der Waals surface area (Å²) >= 11 is 0. The number of hydrogen-bond donors (Lipinski definition) is 1. The molecule has 182 valence electrons. The average Bonchev–Trinajstić information content (AvgIpc) is 2.95. The molecule has 3 aliphatic rings. The monoisotopic (exact) mass is 463 g/mol. The molecule has 2 fully saturated rings. The molecule has 0 radical (unpaired) electrons. The molecule has 3 aromatic rings. The molecule has 1 heteroatoms. The van der Waals surface area contributed by atoms with E-state index < -0.39 is 0 Å². The van der Waals surface area contributed by atoms with E-state index in [0.29, 0.717) is 12.0 Å². The predicted molar refractivity (Wildman–Crippen MR) is 147 cm³/mol. The molecule has 1 heterocycles. The lowest BCUT2D eigenvalue weighted by atomic mass is 9.77. The predicted octanol–water partition coefficient (Wildman–Crippen LogP) is 8.63. The summed E-state index contributed by atoms with van der Waals surface area (Å²) in [5, 5.41) is 3.93. The number of nitrogens with one attached hydrogen (secondary N) is 1. The molecule has 0 bridgehead atoms. The van der Waals surface area contributed by atoms with Gasteiger partial charge in [0.2, 0.25) is 0 Å². The van der Waals surface area contributed by atoms with E-state index in [1.54, 1.807) is 11.1 Å². The fourth-order valence-electron chi connectivity index (χ4n) is 7.19. The van der Waals surface area contributed by atoms with Gasteiger partial charge in [-0.3, -0.25) is 0 Å². The van der Waals surface area contributed by atoms with Crippen molar-refractivity contribution in [2.75, 3.05) is 0 Å². The lowest BCUT2D eigenvalue weighted by Gasteiger charge is -2.34. The molecule has 1 atom stereocenters. The average molecular weight is 464 g/mol. The summed E-state index contributed by atoms with van der Waals surface area (Å²) < 4.78 is 0. The minimum atomic E-state index is 0.379. The summed E-state index contributed by atoms with van der Waals surface area (Å²) in [7, 11) is 0. The Labute approximate surface area is 212 Å². The van der Waals surface area contributed by atoms with E-state index in [1.807, 2.05) is 0 Å². The van der Waals surface area contributed by atoms with Crippen LogP contribution in [0.25, 0.3) is 0 Å². The molecule has 0 unspecified atom stereocenters. The molecule has 2 saturated carbocycles. The Morgan fingerprint density at radius 1 is 0.543 bits per heavy atom. The van der Waals surface area contributed by atoms with Gasteiger partial charge in [-0.25, -0.2) is 0 Å². The van der Waals surface area contributed by atoms with Crippen molar-refractivity contribution in [3.63, 3.8) is 0 Å². The van der Waals surface area contributed by atoms with Gasteiger partial charge in [-0.2, -0.15) is 0 Å². The molecular formula is C34H41N. The van der Waals surface area contributed by atoms with Gasteiger partial charge in [-0.1, -0.05) is 111 Å². The second-order valence-corrected chi connectivity index (χ2v) is 11.4.